The van der Waals surface area contributed by atoms with Gasteiger partial charge in [0.05, 0.1) is 12.2 Å². The summed E-state index contributed by atoms with van der Waals surface area (Å²) in [6, 6.07) is 0.215. The molecule has 0 radical (unpaired) electrons. The maximum Gasteiger partial charge on any atom is 0.191 e. The van der Waals surface area contributed by atoms with E-state index in [1.165, 1.54) is 5.56 Å². The average Bonchev–Trinajstić information content (AvgIpc) is 3.04. The number of aliphatic hydroxyl groups excluding tert-OH is 1. The first kappa shape index (κ1) is 22.4. The summed E-state index contributed by atoms with van der Waals surface area (Å²) >= 11 is 0. The Kier molecular flexibility index (Phi) is 9.65. The minimum Gasteiger partial charge on any atom is -0.396 e. The van der Waals surface area contributed by atoms with Gasteiger partial charge in [0.25, 0.3) is 0 Å². The predicted octanol–water partition coefficient (Wildman–Crippen LogP) is 1.77. The molecule has 0 aromatic carbocycles. The van der Waals surface area contributed by atoms with Gasteiger partial charge in [-0.05, 0) is 45.7 Å². The fraction of sp³-hybridized carbons (Fsp3) is 0.789. The Balaban J connectivity index is 2.82. The molecule has 7 heteroatoms. The van der Waals surface area contributed by atoms with Gasteiger partial charge in [-0.15, -0.1) is 0 Å². The molecule has 0 fully saturated rings. The smallest absolute Gasteiger partial charge is 0.191 e. The molecule has 1 unspecified atom stereocenters. The lowest BCUT2D eigenvalue weighted by Gasteiger charge is -2.30. The summed E-state index contributed by atoms with van der Waals surface area (Å²) in [5.74, 6) is 0.826. The predicted molar refractivity (Wildman–Crippen MR) is 108 cm³/mol. The third-order valence-electron chi connectivity index (χ3n) is 5.25. The molecule has 0 amide bonds. The first-order chi connectivity index (χ1) is 12.4. The highest BCUT2D eigenvalue weighted by molar-refractivity contribution is 5.79. The third kappa shape index (κ3) is 6.61. The maximum atomic E-state index is 9.40. The fourth-order valence-corrected chi connectivity index (χ4v) is 3.14. The lowest BCUT2D eigenvalue weighted by molar-refractivity contribution is 0.175. The Morgan fingerprint density at radius 1 is 1.31 bits per heavy atom. The molecule has 0 saturated carbocycles. The van der Waals surface area contributed by atoms with E-state index in [-0.39, 0.29) is 18.1 Å². The van der Waals surface area contributed by atoms with Gasteiger partial charge in [0.15, 0.2) is 5.96 Å². The number of nitrogens with one attached hydrogen (secondary N) is 2. The largest absolute Gasteiger partial charge is 0.396 e. The standard InChI is InChI=1S/C19H38N6O/c1-7-19(8-2,10-11-26)15-22-18(20-9-3)21-13-17(24(4)5)16-12-23-25(6)14-16/h12,14,17,26H,7-11,13,15H2,1-6H3,(H2,20,21,22). The molecule has 26 heavy (non-hydrogen) atoms. The Labute approximate surface area is 158 Å². The molecular formula is C19H38N6O. The molecule has 3 N–H and O–H groups in total. The Hall–Kier alpha value is -1.60. The van der Waals surface area contributed by atoms with Crippen molar-refractivity contribution in [3.63, 3.8) is 0 Å². The molecule has 0 bridgehead atoms. The van der Waals surface area contributed by atoms with Gasteiger partial charge in [-0.25, -0.2) is 0 Å². The number of aliphatic hydroxyl groups is 1. The Morgan fingerprint density at radius 3 is 2.46 bits per heavy atom. The number of hydrogen-bond donors (Lipinski definition) is 3. The summed E-state index contributed by atoms with van der Waals surface area (Å²) < 4.78 is 1.83. The molecular weight excluding hydrogens is 328 g/mol. The molecule has 1 atom stereocenters. The zero-order chi connectivity index (χ0) is 19.6. The maximum absolute atomic E-state index is 9.40. The normalized spacial score (nSPS) is 13.9. The van der Waals surface area contributed by atoms with Crippen LogP contribution in [0.2, 0.25) is 0 Å². The van der Waals surface area contributed by atoms with E-state index in [4.69, 9.17) is 4.99 Å². The van der Waals surface area contributed by atoms with Crippen molar-refractivity contribution in [2.45, 2.75) is 46.1 Å². The summed E-state index contributed by atoms with van der Waals surface area (Å²) in [6.45, 7) is 8.92. The van der Waals surface area contributed by atoms with E-state index in [9.17, 15) is 5.11 Å². The molecule has 0 aliphatic carbocycles. The van der Waals surface area contributed by atoms with Gasteiger partial charge in [-0.1, -0.05) is 13.8 Å². The van der Waals surface area contributed by atoms with Gasteiger partial charge in [0.2, 0.25) is 0 Å². The highest BCUT2D eigenvalue weighted by atomic mass is 16.3. The minimum absolute atomic E-state index is 0.0708. The quantitative estimate of drug-likeness (QED) is 0.411. The molecule has 0 saturated heterocycles. The molecule has 7 nitrogen and oxygen atoms in total. The lowest BCUT2D eigenvalue weighted by Crippen LogP contribution is -2.42. The van der Waals surface area contributed by atoms with Gasteiger partial charge < -0.3 is 20.6 Å². The van der Waals surface area contributed by atoms with Crippen LogP contribution < -0.4 is 10.6 Å². The molecule has 1 aromatic heterocycles. The number of nitrogens with zero attached hydrogens (tertiary/aromatic N) is 4. The van der Waals surface area contributed by atoms with Crippen LogP contribution in [-0.2, 0) is 7.05 Å². The van der Waals surface area contributed by atoms with Crippen molar-refractivity contribution in [2.75, 3.05) is 40.3 Å². The second kappa shape index (κ2) is 11.2. The summed E-state index contributed by atoms with van der Waals surface area (Å²) in [6.07, 6.45) is 6.79. The van der Waals surface area contributed by atoms with Gasteiger partial charge in [0.1, 0.15) is 0 Å². The number of aryl methyl sites for hydroxylation is 1. The molecule has 0 aliphatic rings. The second-order valence-electron chi connectivity index (χ2n) is 7.18. The van der Waals surface area contributed by atoms with E-state index in [0.29, 0.717) is 0 Å². The van der Waals surface area contributed by atoms with Crippen molar-refractivity contribution < 1.29 is 5.11 Å². The van der Waals surface area contributed by atoms with Gasteiger partial charge >= 0.3 is 0 Å². The number of aliphatic imine (C=N–C) groups is 1. The van der Waals surface area contributed by atoms with Crippen LogP contribution in [0.4, 0.5) is 0 Å². The average molecular weight is 367 g/mol. The van der Waals surface area contributed by atoms with Crippen LogP contribution in [0.1, 0.15) is 51.6 Å². The molecule has 1 aromatic rings. The summed E-state index contributed by atoms with van der Waals surface area (Å²) in [4.78, 5) is 7.00. The van der Waals surface area contributed by atoms with Crippen LogP contribution in [0.3, 0.4) is 0 Å². The number of hydrogen-bond acceptors (Lipinski definition) is 4. The SMILES string of the molecule is CCNC(=NCC(CC)(CC)CCO)NCC(c1cnn(C)c1)N(C)C. The van der Waals surface area contributed by atoms with Crippen molar-refractivity contribution >= 4 is 5.96 Å². The van der Waals surface area contributed by atoms with Gasteiger partial charge in [-0.2, -0.15) is 5.10 Å². The second-order valence-corrected chi connectivity index (χ2v) is 7.18. The minimum atomic E-state index is 0.0708. The third-order valence-corrected chi connectivity index (χ3v) is 5.25. The number of likely N-dealkylation sites (N-methyl/N-ethyl adjacent to an activating group) is 1. The molecule has 1 heterocycles. The van der Waals surface area contributed by atoms with Crippen molar-refractivity contribution in [2.24, 2.45) is 17.5 Å². The Morgan fingerprint density at radius 2 is 2.00 bits per heavy atom. The molecule has 1 rings (SSSR count). The van der Waals surface area contributed by atoms with Crippen LogP contribution in [0.5, 0.6) is 0 Å². The van der Waals surface area contributed by atoms with Gasteiger partial charge in [-0.3, -0.25) is 9.67 Å². The van der Waals surface area contributed by atoms with Crippen molar-refractivity contribution in [3.8, 4) is 0 Å². The number of guanidine groups is 1. The molecule has 150 valence electrons. The van der Waals surface area contributed by atoms with E-state index in [0.717, 1.165) is 44.9 Å². The fourth-order valence-electron chi connectivity index (χ4n) is 3.14. The summed E-state index contributed by atoms with van der Waals surface area (Å²) in [7, 11) is 6.08. The van der Waals surface area contributed by atoms with Gasteiger partial charge in [0, 0.05) is 45.0 Å². The van der Waals surface area contributed by atoms with Crippen molar-refractivity contribution in [1.29, 1.82) is 0 Å². The van der Waals surface area contributed by atoms with Crippen molar-refractivity contribution in [1.82, 2.24) is 25.3 Å². The van der Waals surface area contributed by atoms with Crippen LogP contribution in [0.25, 0.3) is 0 Å². The van der Waals surface area contributed by atoms with E-state index in [2.05, 4.69) is 61.7 Å². The van der Waals surface area contributed by atoms with E-state index < -0.39 is 0 Å². The highest BCUT2D eigenvalue weighted by Gasteiger charge is 2.25. The summed E-state index contributed by atoms with van der Waals surface area (Å²) in [5, 5.41) is 20.5. The van der Waals surface area contributed by atoms with E-state index >= 15 is 0 Å². The zero-order valence-corrected chi connectivity index (χ0v) is 17.4. The van der Waals surface area contributed by atoms with E-state index in [1.807, 2.05) is 17.9 Å². The Bertz CT molecular complexity index is 536. The first-order valence-corrected chi connectivity index (χ1v) is 9.69. The van der Waals surface area contributed by atoms with E-state index in [1.54, 1.807) is 0 Å². The van der Waals surface area contributed by atoms with Crippen LogP contribution in [0, 0.1) is 5.41 Å². The number of aromatic nitrogens is 2. The lowest BCUT2D eigenvalue weighted by atomic mass is 9.79. The van der Waals surface area contributed by atoms with Crippen molar-refractivity contribution in [3.05, 3.63) is 18.0 Å². The highest BCUT2D eigenvalue weighted by Crippen LogP contribution is 2.30. The molecule has 0 aliphatic heterocycles. The zero-order valence-electron chi connectivity index (χ0n) is 17.4. The van der Waals surface area contributed by atoms with Crippen LogP contribution >= 0.6 is 0 Å². The molecule has 0 spiro atoms. The van der Waals surface area contributed by atoms with Crippen LogP contribution in [-0.4, -0.2) is 66.1 Å². The monoisotopic (exact) mass is 366 g/mol. The topological polar surface area (TPSA) is 77.7 Å². The number of rotatable bonds is 11. The summed E-state index contributed by atoms with van der Waals surface area (Å²) in [5.41, 5.74) is 1.25. The first-order valence-electron chi connectivity index (χ1n) is 9.69. The van der Waals surface area contributed by atoms with Crippen LogP contribution in [0.15, 0.2) is 17.4 Å².